The van der Waals surface area contributed by atoms with Crippen molar-refractivity contribution >= 4 is 11.6 Å². The molecule has 44 heavy (non-hydrogen) atoms. The van der Waals surface area contributed by atoms with Crippen molar-refractivity contribution in [3.8, 4) is 0 Å². The van der Waals surface area contributed by atoms with Crippen LogP contribution in [0.2, 0.25) is 0 Å². The maximum atomic E-state index is 12.3. The van der Waals surface area contributed by atoms with Gasteiger partial charge >= 0.3 is 0 Å². The second-order valence-corrected chi connectivity index (χ2v) is 12.9. The van der Waals surface area contributed by atoms with Gasteiger partial charge in [0.05, 0.1) is 0 Å². The molecule has 0 aromatic carbocycles. The molecular weight excluding hydrogens is 544 g/mol. The van der Waals surface area contributed by atoms with E-state index in [1.54, 1.807) is 6.92 Å². The summed E-state index contributed by atoms with van der Waals surface area (Å²) < 4.78 is 0. The van der Waals surface area contributed by atoms with Crippen LogP contribution in [0.4, 0.5) is 0 Å². The minimum atomic E-state index is -0.906. The van der Waals surface area contributed by atoms with Crippen LogP contribution in [0.1, 0.15) is 81.6 Å². The van der Waals surface area contributed by atoms with E-state index in [1.807, 2.05) is 81.5 Å². The Morgan fingerprint density at radius 3 is 1.66 bits per heavy atom. The normalized spacial score (nSPS) is 25.3. The zero-order chi connectivity index (χ0) is 33.0. The molecule has 0 unspecified atom stereocenters. The van der Waals surface area contributed by atoms with Gasteiger partial charge in [0.2, 0.25) is 0 Å². The Morgan fingerprint density at radius 1 is 0.659 bits per heavy atom. The molecule has 0 bridgehead atoms. The first-order valence-corrected chi connectivity index (χ1v) is 15.6. The minimum Gasteiger partial charge on any atom is -0.385 e. The molecule has 4 nitrogen and oxygen atoms in total. The summed E-state index contributed by atoms with van der Waals surface area (Å²) in [5.41, 5.74) is 7.47. The van der Waals surface area contributed by atoms with Crippen molar-refractivity contribution < 1.29 is 19.8 Å². The number of allylic oxidation sites excluding steroid dienone is 20. The zero-order valence-electron chi connectivity index (χ0n) is 28.1. The first-order valence-electron chi connectivity index (χ1n) is 15.6. The van der Waals surface area contributed by atoms with Crippen molar-refractivity contribution in [2.45, 2.75) is 93.8 Å². The van der Waals surface area contributed by atoms with Crippen molar-refractivity contribution in [2.24, 2.45) is 11.3 Å². The van der Waals surface area contributed by atoms with E-state index in [4.69, 9.17) is 0 Å². The molecule has 2 aliphatic rings. The lowest BCUT2D eigenvalue weighted by Gasteiger charge is -2.34. The van der Waals surface area contributed by atoms with Gasteiger partial charge in [0.15, 0.2) is 11.6 Å². The lowest BCUT2D eigenvalue weighted by atomic mass is 9.71. The summed E-state index contributed by atoms with van der Waals surface area (Å²) in [6.45, 7) is 18.0. The van der Waals surface area contributed by atoms with Gasteiger partial charge in [-0.3, -0.25) is 9.59 Å². The molecule has 0 radical (unpaired) electrons. The number of hydrogen-bond donors (Lipinski definition) is 2. The van der Waals surface area contributed by atoms with E-state index in [-0.39, 0.29) is 22.9 Å². The van der Waals surface area contributed by atoms with Gasteiger partial charge in [-0.25, -0.2) is 0 Å². The van der Waals surface area contributed by atoms with Crippen LogP contribution in [0.25, 0.3) is 0 Å². The molecule has 0 amide bonds. The number of aliphatic hydroxyl groups is 2. The average molecular weight is 597 g/mol. The van der Waals surface area contributed by atoms with E-state index in [0.29, 0.717) is 24.0 Å². The van der Waals surface area contributed by atoms with E-state index in [2.05, 4.69) is 58.9 Å². The third-order valence-corrected chi connectivity index (χ3v) is 8.32. The quantitative estimate of drug-likeness (QED) is 0.247. The van der Waals surface area contributed by atoms with Gasteiger partial charge in [0.1, 0.15) is 12.2 Å². The van der Waals surface area contributed by atoms with Gasteiger partial charge in [0, 0.05) is 0 Å². The topological polar surface area (TPSA) is 74.6 Å². The lowest BCUT2D eigenvalue weighted by Crippen LogP contribution is -2.35. The van der Waals surface area contributed by atoms with Crippen molar-refractivity contribution in [3.05, 3.63) is 130 Å². The van der Waals surface area contributed by atoms with Crippen molar-refractivity contribution in [2.75, 3.05) is 0 Å². The highest BCUT2D eigenvalue weighted by Gasteiger charge is 2.36. The van der Waals surface area contributed by atoms with Crippen LogP contribution in [-0.4, -0.2) is 34.0 Å². The zero-order valence-corrected chi connectivity index (χ0v) is 28.1. The fourth-order valence-corrected chi connectivity index (χ4v) is 5.45. The van der Waals surface area contributed by atoms with Crippen LogP contribution in [0.5, 0.6) is 0 Å². The highest BCUT2D eigenvalue weighted by molar-refractivity contribution is 6.00. The predicted octanol–water partition coefficient (Wildman–Crippen LogP) is 8.91. The van der Waals surface area contributed by atoms with E-state index in [9.17, 15) is 19.8 Å². The fraction of sp³-hybridized carbons (Fsp3) is 0.400. The molecule has 0 saturated carbocycles. The van der Waals surface area contributed by atoms with Crippen LogP contribution >= 0.6 is 0 Å². The van der Waals surface area contributed by atoms with Gasteiger partial charge < -0.3 is 10.2 Å². The summed E-state index contributed by atoms with van der Waals surface area (Å²) in [6, 6.07) is 0. The van der Waals surface area contributed by atoms with Crippen molar-refractivity contribution in [1.82, 2.24) is 0 Å². The molecule has 2 aliphatic carbocycles. The van der Waals surface area contributed by atoms with Gasteiger partial charge in [0.25, 0.3) is 0 Å². The molecule has 0 aromatic rings. The van der Waals surface area contributed by atoms with Gasteiger partial charge in [-0.2, -0.15) is 0 Å². The van der Waals surface area contributed by atoms with Crippen molar-refractivity contribution in [1.29, 1.82) is 0 Å². The molecule has 0 saturated heterocycles. The number of carbonyl (C=O) groups excluding carboxylic acids is 2. The number of aliphatic hydroxyl groups excluding tert-OH is 2. The standard InChI is InChI=1S/C40H52O4/c1-27(16-12-18-29(3)20-23-34-31(5)22-25-36(41)38(43)32(34)6)14-10-11-15-28(2)17-13-19-30(4)21-24-35-33(7)39(44)37(42)26-40(35,8)9/h10-21,23-24,31,36-37,41-42H,22,25-26H2,1-9H3/b11-10+,16-12+,17-13+,23-20+,24-21+,27-14+,28-15+,29-18+,30-19+/t31-,36+,37+/m1/s1. The molecule has 4 heteroatoms. The van der Waals surface area contributed by atoms with E-state index in [0.717, 1.165) is 39.9 Å². The first-order chi connectivity index (χ1) is 20.6. The number of hydrogen-bond acceptors (Lipinski definition) is 4. The first kappa shape index (κ1) is 36.6. The summed E-state index contributed by atoms with van der Waals surface area (Å²) in [7, 11) is 0. The second-order valence-electron chi connectivity index (χ2n) is 12.9. The largest absolute Gasteiger partial charge is 0.385 e. The van der Waals surface area contributed by atoms with E-state index >= 15 is 0 Å². The SMILES string of the molecule is CC1=C(/C=C/C(C)=C/C=C/C(C)=C/C=C/C=C(C)/C=C/C=C(C)/C=C/C2=C(C)C(=O)[C@@H](O)CC2(C)C)[C@H](C)CC[C@H](O)C1=O. The number of ketones is 2. The van der Waals surface area contributed by atoms with Crippen LogP contribution in [0, 0.1) is 11.3 Å². The molecule has 236 valence electrons. The molecule has 0 aromatic heterocycles. The molecule has 2 N–H and O–H groups in total. The van der Waals surface area contributed by atoms with E-state index < -0.39 is 12.2 Å². The Labute approximate surface area is 265 Å². The highest BCUT2D eigenvalue weighted by Crippen LogP contribution is 2.39. The van der Waals surface area contributed by atoms with Crippen LogP contribution in [0.3, 0.4) is 0 Å². The summed E-state index contributed by atoms with van der Waals surface area (Å²) in [5.74, 6) is -0.0840. The van der Waals surface area contributed by atoms with Gasteiger partial charge in [-0.15, -0.1) is 0 Å². The molecule has 3 atom stereocenters. The minimum absolute atomic E-state index is 0.156. The Balaban J connectivity index is 1.94. The molecule has 0 fully saturated rings. The van der Waals surface area contributed by atoms with Crippen molar-refractivity contribution in [3.63, 3.8) is 0 Å². The second kappa shape index (κ2) is 17.0. The maximum Gasteiger partial charge on any atom is 0.187 e. The Kier molecular flexibility index (Phi) is 14.2. The average Bonchev–Trinajstić information content (AvgIpc) is 3.04. The van der Waals surface area contributed by atoms with E-state index in [1.165, 1.54) is 0 Å². The smallest absolute Gasteiger partial charge is 0.187 e. The predicted molar refractivity (Wildman–Crippen MR) is 185 cm³/mol. The Morgan fingerprint density at radius 2 is 1.11 bits per heavy atom. The number of Topliss-reactive ketones (excluding diaryl/α,β-unsaturated/α-hetero) is 2. The highest BCUT2D eigenvalue weighted by atomic mass is 16.3. The Bertz CT molecular complexity index is 1420. The fourth-order valence-electron chi connectivity index (χ4n) is 5.45. The maximum absolute atomic E-state index is 12.3. The number of rotatable bonds is 10. The molecule has 0 aliphatic heterocycles. The third kappa shape index (κ3) is 11.2. The summed E-state index contributed by atoms with van der Waals surface area (Å²) in [5, 5.41) is 20.0. The third-order valence-electron chi connectivity index (χ3n) is 8.32. The number of carbonyl (C=O) groups is 2. The summed E-state index contributed by atoms with van der Waals surface area (Å²) in [4.78, 5) is 24.5. The molecule has 2 rings (SSSR count). The molecular formula is C40H52O4. The van der Waals surface area contributed by atoms with Gasteiger partial charge in [-0.05, 0) is 94.4 Å². The monoisotopic (exact) mass is 596 g/mol. The summed E-state index contributed by atoms with van der Waals surface area (Å²) >= 11 is 0. The van der Waals surface area contributed by atoms with Crippen LogP contribution in [-0.2, 0) is 9.59 Å². The Hall–Kier alpha value is -3.60. The van der Waals surface area contributed by atoms with Gasteiger partial charge in [-0.1, -0.05) is 128 Å². The lowest BCUT2D eigenvalue weighted by molar-refractivity contribution is -0.125. The summed E-state index contributed by atoms with van der Waals surface area (Å²) in [6.07, 6.45) is 28.5. The molecule has 0 spiro atoms. The van der Waals surface area contributed by atoms with Crippen LogP contribution < -0.4 is 0 Å². The van der Waals surface area contributed by atoms with Crippen LogP contribution in [0.15, 0.2) is 130 Å². The molecule has 0 heterocycles.